The van der Waals surface area contributed by atoms with E-state index in [0.717, 1.165) is 47.5 Å². The molecule has 47 heavy (non-hydrogen) atoms. The number of nitrogens with one attached hydrogen (secondary N) is 2. The Morgan fingerprint density at radius 3 is 2.49 bits per heavy atom. The standard InChI is InChI=1S/C37H44N6O3S/c1-23-27(11-9-12-28(23)40-34(44)31-20-25-10-7-8-13-30(25)47-31)29-21-42(6)36(46)33(39-29)38-26-16-14-24(15-17-26)32-35(45)43(19-18-41(32)5)22-37(2,3)4/h9,11-12,14-17,20-21,32H,7-8,10,13,18-19,22H2,1-6H3,(H,38,39)(H,40,44). The van der Waals surface area contributed by atoms with Gasteiger partial charge in [0.15, 0.2) is 5.82 Å². The molecule has 6 rings (SSSR count). The van der Waals surface area contributed by atoms with Crippen molar-refractivity contribution in [3.63, 3.8) is 0 Å². The molecule has 9 nitrogen and oxygen atoms in total. The second kappa shape index (κ2) is 13.1. The minimum atomic E-state index is -0.351. The molecule has 1 fully saturated rings. The Labute approximate surface area is 280 Å². The first-order chi connectivity index (χ1) is 22.4. The summed E-state index contributed by atoms with van der Waals surface area (Å²) in [6.45, 7) is 10.6. The van der Waals surface area contributed by atoms with Crippen LogP contribution in [0.25, 0.3) is 11.3 Å². The van der Waals surface area contributed by atoms with E-state index in [-0.39, 0.29) is 34.6 Å². The topological polar surface area (TPSA) is 99.6 Å². The van der Waals surface area contributed by atoms with Crippen molar-refractivity contribution >= 4 is 40.3 Å². The number of carbonyl (C=O) groups is 2. The minimum Gasteiger partial charge on any atom is -0.339 e. The van der Waals surface area contributed by atoms with Gasteiger partial charge in [-0.3, -0.25) is 19.3 Å². The fourth-order valence-electron chi connectivity index (χ4n) is 6.54. The fourth-order valence-corrected chi connectivity index (χ4v) is 7.69. The number of aryl methyl sites for hydroxylation is 3. The quantitative estimate of drug-likeness (QED) is 0.235. The average Bonchev–Trinajstić information content (AvgIpc) is 3.47. The molecule has 4 aromatic rings. The van der Waals surface area contributed by atoms with Gasteiger partial charge < -0.3 is 20.1 Å². The Balaban J connectivity index is 1.21. The van der Waals surface area contributed by atoms with Crippen LogP contribution in [0.1, 0.15) is 70.9 Å². The lowest BCUT2D eigenvalue weighted by Crippen LogP contribution is -2.52. The van der Waals surface area contributed by atoms with E-state index in [1.165, 1.54) is 27.8 Å². The molecule has 2 amide bonds. The van der Waals surface area contributed by atoms with Gasteiger partial charge in [0.25, 0.3) is 11.5 Å². The number of hydrogen-bond donors (Lipinski definition) is 2. The van der Waals surface area contributed by atoms with E-state index < -0.39 is 0 Å². The molecule has 10 heteroatoms. The monoisotopic (exact) mass is 652 g/mol. The number of likely N-dealkylation sites (N-methyl/N-ethyl adjacent to an activating group) is 1. The van der Waals surface area contributed by atoms with Gasteiger partial charge in [0.05, 0.1) is 10.6 Å². The Morgan fingerprint density at radius 1 is 1.02 bits per heavy atom. The van der Waals surface area contributed by atoms with E-state index in [4.69, 9.17) is 4.98 Å². The second-order valence-corrected chi connectivity index (χ2v) is 15.2. The van der Waals surface area contributed by atoms with Gasteiger partial charge in [-0.15, -0.1) is 11.3 Å². The van der Waals surface area contributed by atoms with Crippen molar-refractivity contribution in [1.82, 2.24) is 19.4 Å². The average molecular weight is 653 g/mol. The van der Waals surface area contributed by atoms with Gasteiger partial charge in [-0.2, -0.15) is 0 Å². The Morgan fingerprint density at radius 2 is 1.77 bits per heavy atom. The highest BCUT2D eigenvalue weighted by molar-refractivity contribution is 7.14. The zero-order valence-corrected chi connectivity index (χ0v) is 29.0. The Bertz CT molecular complexity index is 1850. The number of anilines is 3. The number of benzene rings is 2. The van der Waals surface area contributed by atoms with Crippen LogP contribution in [0.2, 0.25) is 0 Å². The minimum absolute atomic E-state index is 0.0229. The highest BCUT2D eigenvalue weighted by Crippen LogP contribution is 2.33. The van der Waals surface area contributed by atoms with E-state index in [9.17, 15) is 14.4 Å². The first-order valence-electron chi connectivity index (χ1n) is 16.3. The molecule has 0 saturated carbocycles. The van der Waals surface area contributed by atoms with Gasteiger partial charge in [0.1, 0.15) is 6.04 Å². The number of piperazine rings is 1. The number of amides is 2. The maximum atomic E-state index is 13.5. The van der Waals surface area contributed by atoms with Crippen LogP contribution in [0.4, 0.5) is 17.2 Å². The summed E-state index contributed by atoms with van der Waals surface area (Å²) in [6, 6.07) is 15.1. The summed E-state index contributed by atoms with van der Waals surface area (Å²) in [4.78, 5) is 50.7. The highest BCUT2D eigenvalue weighted by atomic mass is 32.1. The highest BCUT2D eigenvalue weighted by Gasteiger charge is 2.35. The smallest absolute Gasteiger partial charge is 0.293 e. The molecular formula is C37H44N6O3S. The van der Waals surface area contributed by atoms with Crippen LogP contribution in [0, 0.1) is 12.3 Å². The number of fused-ring (bicyclic) bond motifs is 1. The van der Waals surface area contributed by atoms with Crippen LogP contribution in [-0.2, 0) is 24.7 Å². The molecule has 0 radical (unpaired) electrons. The molecule has 0 bridgehead atoms. The first kappa shape index (κ1) is 32.7. The lowest BCUT2D eigenvalue weighted by atomic mass is 9.94. The number of nitrogens with zero attached hydrogens (tertiary/aromatic N) is 4. The van der Waals surface area contributed by atoms with Crippen molar-refractivity contribution in [3.05, 3.63) is 91.5 Å². The Kier molecular flexibility index (Phi) is 9.09. The lowest BCUT2D eigenvalue weighted by molar-refractivity contribution is -0.142. The molecule has 1 saturated heterocycles. The van der Waals surface area contributed by atoms with Gasteiger partial charge in [0.2, 0.25) is 5.91 Å². The van der Waals surface area contributed by atoms with Gasteiger partial charge in [-0.1, -0.05) is 45.0 Å². The van der Waals surface area contributed by atoms with Crippen molar-refractivity contribution in [2.24, 2.45) is 12.5 Å². The molecule has 246 valence electrons. The van der Waals surface area contributed by atoms with Crippen molar-refractivity contribution in [1.29, 1.82) is 0 Å². The van der Waals surface area contributed by atoms with Gasteiger partial charge in [-0.05, 0) is 86.0 Å². The third-order valence-corrected chi connectivity index (χ3v) is 10.2. The Hall–Kier alpha value is -4.28. The molecule has 1 atom stereocenters. The van der Waals surface area contributed by atoms with Crippen LogP contribution in [0.15, 0.2) is 59.5 Å². The second-order valence-electron chi connectivity index (χ2n) is 14.0. The predicted octanol–water partition coefficient (Wildman–Crippen LogP) is 6.55. The molecular weight excluding hydrogens is 609 g/mol. The molecule has 1 unspecified atom stereocenters. The van der Waals surface area contributed by atoms with E-state index in [1.807, 2.05) is 67.4 Å². The molecule has 1 aliphatic heterocycles. The zero-order chi connectivity index (χ0) is 33.5. The third-order valence-electron chi connectivity index (χ3n) is 9.01. The first-order valence-corrected chi connectivity index (χ1v) is 17.2. The lowest BCUT2D eigenvalue weighted by Gasteiger charge is -2.41. The summed E-state index contributed by atoms with van der Waals surface area (Å²) >= 11 is 1.59. The number of thiophene rings is 1. The predicted molar refractivity (Wildman–Crippen MR) is 190 cm³/mol. The molecule has 3 heterocycles. The van der Waals surface area contributed by atoms with Crippen LogP contribution in [-0.4, -0.2) is 57.8 Å². The van der Waals surface area contributed by atoms with Gasteiger partial charge in [-0.25, -0.2) is 4.98 Å². The molecule has 2 N–H and O–H groups in total. The van der Waals surface area contributed by atoms with Crippen LogP contribution in [0.5, 0.6) is 0 Å². The van der Waals surface area contributed by atoms with E-state index in [2.05, 4.69) is 36.3 Å². The number of carbonyl (C=O) groups excluding carboxylic acids is 2. The number of aromatic nitrogens is 2. The van der Waals surface area contributed by atoms with E-state index in [0.29, 0.717) is 23.6 Å². The fraction of sp³-hybridized carbons (Fsp3) is 0.405. The summed E-state index contributed by atoms with van der Waals surface area (Å²) in [5.41, 5.74) is 5.68. The summed E-state index contributed by atoms with van der Waals surface area (Å²) in [5, 5.41) is 6.31. The van der Waals surface area contributed by atoms with Crippen LogP contribution < -0.4 is 16.2 Å². The van der Waals surface area contributed by atoms with E-state index >= 15 is 0 Å². The molecule has 2 aliphatic rings. The van der Waals surface area contributed by atoms with Crippen molar-refractivity contribution in [2.45, 2.75) is 59.4 Å². The van der Waals surface area contributed by atoms with Crippen LogP contribution in [0.3, 0.4) is 0 Å². The summed E-state index contributed by atoms with van der Waals surface area (Å²) in [7, 11) is 3.69. The van der Waals surface area contributed by atoms with Gasteiger partial charge in [0, 0.05) is 54.7 Å². The van der Waals surface area contributed by atoms with Crippen molar-refractivity contribution in [3.8, 4) is 11.3 Å². The number of rotatable bonds is 7. The summed E-state index contributed by atoms with van der Waals surface area (Å²) in [5.74, 6) is 0.200. The third kappa shape index (κ3) is 7.04. The molecule has 2 aromatic heterocycles. The largest absolute Gasteiger partial charge is 0.339 e. The summed E-state index contributed by atoms with van der Waals surface area (Å²) in [6.07, 6.45) is 6.16. The summed E-state index contributed by atoms with van der Waals surface area (Å²) < 4.78 is 1.51. The van der Waals surface area contributed by atoms with Crippen LogP contribution >= 0.6 is 11.3 Å². The van der Waals surface area contributed by atoms with Crippen molar-refractivity contribution in [2.75, 3.05) is 37.3 Å². The normalized spacial score (nSPS) is 17.0. The van der Waals surface area contributed by atoms with Crippen molar-refractivity contribution < 1.29 is 9.59 Å². The van der Waals surface area contributed by atoms with Gasteiger partial charge >= 0.3 is 0 Å². The SMILES string of the molecule is Cc1c(NC(=O)c2cc3c(s2)CCCC3)cccc1-c1cn(C)c(=O)c(Nc2ccc(C3C(=O)N(CC(C)(C)C)CCN3C)cc2)n1. The maximum absolute atomic E-state index is 13.5. The number of hydrogen-bond acceptors (Lipinski definition) is 7. The molecule has 2 aromatic carbocycles. The zero-order valence-electron chi connectivity index (χ0n) is 28.1. The molecule has 0 spiro atoms. The molecule has 1 aliphatic carbocycles. The van der Waals surface area contributed by atoms with E-state index in [1.54, 1.807) is 24.6 Å². The maximum Gasteiger partial charge on any atom is 0.293 e.